The number of aromatic nitrogens is 5. The van der Waals surface area contributed by atoms with E-state index in [-0.39, 0.29) is 23.0 Å². The van der Waals surface area contributed by atoms with Crippen LogP contribution in [0.3, 0.4) is 0 Å². The van der Waals surface area contributed by atoms with Crippen LogP contribution in [0, 0.1) is 11.3 Å². The topological polar surface area (TPSA) is 136 Å². The van der Waals surface area contributed by atoms with Gasteiger partial charge < -0.3 is 15.4 Å². The van der Waals surface area contributed by atoms with Gasteiger partial charge in [-0.15, -0.1) is 0 Å². The van der Waals surface area contributed by atoms with Gasteiger partial charge in [0.2, 0.25) is 5.88 Å². The van der Waals surface area contributed by atoms with E-state index in [2.05, 4.69) is 21.0 Å². The normalized spacial score (nSPS) is 15.4. The minimum absolute atomic E-state index is 0.105. The number of nitriles is 1. The Morgan fingerprint density at radius 3 is 2.82 bits per heavy atom. The summed E-state index contributed by atoms with van der Waals surface area (Å²) >= 11 is 6.40. The van der Waals surface area contributed by atoms with Crippen LogP contribution in [0.2, 0.25) is 5.02 Å². The smallest absolute Gasteiger partial charge is 0.267 e. The zero-order valence-electron chi connectivity index (χ0n) is 18.1. The summed E-state index contributed by atoms with van der Waals surface area (Å²) in [5.41, 5.74) is 6.83. The van der Waals surface area contributed by atoms with Gasteiger partial charge in [-0.2, -0.15) is 5.26 Å². The van der Waals surface area contributed by atoms with E-state index in [0.29, 0.717) is 52.1 Å². The third-order valence-corrected chi connectivity index (χ3v) is 6.17. The Labute approximate surface area is 199 Å². The molecule has 11 heteroatoms. The lowest BCUT2D eigenvalue weighted by Crippen LogP contribution is -2.32. The van der Waals surface area contributed by atoms with E-state index in [0.717, 1.165) is 6.42 Å². The average molecular weight is 475 g/mol. The fourth-order valence-corrected chi connectivity index (χ4v) is 4.56. The summed E-state index contributed by atoms with van der Waals surface area (Å²) in [4.78, 5) is 33.1. The Bertz CT molecular complexity index is 1500. The Balaban J connectivity index is 1.76. The number of ether oxygens (including phenoxy) is 1. The van der Waals surface area contributed by atoms with E-state index >= 15 is 0 Å². The molecule has 1 fully saturated rings. The van der Waals surface area contributed by atoms with Crippen molar-refractivity contribution in [2.75, 3.05) is 24.3 Å². The van der Waals surface area contributed by atoms with Crippen LogP contribution >= 0.6 is 11.6 Å². The third-order valence-electron chi connectivity index (χ3n) is 5.85. The number of nitrogens with two attached hydrogens (primary N) is 1. The van der Waals surface area contributed by atoms with Crippen LogP contribution in [-0.2, 0) is 0 Å². The molecule has 4 heterocycles. The Morgan fingerprint density at radius 1 is 1.24 bits per heavy atom. The summed E-state index contributed by atoms with van der Waals surface area (Å²) in [5, 5.41) is 10.3. The number of hydrogen-bond acceptors (Lipinski definition) is 9. The molecule has 0 unspecified atom stereocenters. The zero-order chi connectivity index (χ0) is 23.8. The highest BCUT2D eigenvalue weighted by Crippen LogP contribution is 2.37. The van der Waals surface area contributed by atoms with Gasteiger partial charge in [0.15, 0.2) is 5.82 Å². The van der Waals surface area contributed by atoms with E-state index in [1.807, 2.05) is 4.90 Å². The van der Waals surface area contributed by atoms with Crippen LogP contribution in [0.25, 0.3) is 16.6 Å². The number of halogens is 1. The van der Waals surface area contributed by atoms with Gasteiger partial charge in [-0.25, -0.2) is 19.9 Å². The Morgan fingerprint density at radius 2 is 2.09 bits per heavy atom. The van der Waals surface area contributed by atoms with E-state index in [9.17, 15) is 10.1 Å². The first-order valence-electron chi connectivity index (χ1n) is 10.5. The van der Waals surface area contributed by atoms with Crippen molar-refractivity contribution in [3.63, 3.8) is 0 Å². The van der Waals surface area contributed by atoms with Gasteiger partial charge in [-0.05, 0) is 31.0 Å². The van der Waals surface area contributed by atoms with Gasteiger partial charge in [0.1, 0.15) is 29.6 Å². The molecule has 2 N–H and O–H groups in total. The Hall–Kier alpha value is -4.23. The molecular weight excluding hydrogens is 456 g/mol. The second kappa shape index (κ2) is 8.61. The van der Waals surface area contributed by atoms with Crippen LogP contribution in [0.5, 0.6) is 5.88 Å². The van der Waals surface area contributed by atoms with Crippen LogP contribution in [0.1, 0.15) is 30.3 Å². The van der Waals surface area contributed by atoms with Crippen LogP contribution in [0.15, 0.2) is 47.7 Å². The SMILES string of the molecule is COc1ccc(-n2c([C@@H]3CCCN3c3ncnc(N)c3C#N)nc3cccc(Cl)c3c2=O)cn1. The summed E-state index contributed by atoms with van der Waals surface area (Å²) in [7, 11) is 1.52. The molecule has 1 saturated heterocycles. The van der Waals surface area contributed by atoms with E-state index in [1.165, 1.54) is 18.0 Å². The number of anilines is 2. The molecule has 0 amide bonds. The fraction of sp³-hybridized carbons (Fsp3) is 0.217. The summed E-state index contributed by atoms with van der Waals surface area (Å²) in [6.07, 6.45) is 4.38. The molecule has 170 valence electrons. The average Bonchev–Trinajstić information content (AvgIpc) is 3.33. The predicted molar refractivity (Wildman–Crippen MR) is 127 cm³/mol. The Kier molecular flexibility index (Phi) is 5.47. The van der Waals surface area contributed by atoms with Gasteiger partial charge in [0.25, 0.3) is 5.56 Å². The van der Waals surface area contributed by atoms with Gasteiger partial charge >= 0.3 is 0 Å². The summed E-state index contributed by atoms with van der Waals surface area (Å²) in [5.74, 6) is 1.43. The van der Waals surface area contributed by atoms with Crippen molar-refractivity contribution in [2.45, 2.75) is 18.9 Å². The van der Waals surface area contributed by atoms with E-state index in [1.54, 1.807) is 36.5 Å². The number of nitrogen functional groups attached to an aromatic ring is 1. The van der Waals surface area contributed by atoms with Gasteiger partial charge in [-0.1, -0.05) is 17.7 Å². The molecule has 1 aliphatic rings. The molecule has 0 radical (unpaired) electrons. The minimum Gasteiger partial charge on any atom is -0.481 e. The second-order valence-electron chi connectivity index (χ2n) is 7.72. The minimum atomic E-state index is -0.348. The molecular formula is C23H19ClN8O2. The van der Waals surface area contributed by atoms with Crippen molar-refractivity contribution in [3.8, 4) is 17.6 Å². The predicted octanol–water partition coefficient (Wildman–Crippen LogP) is 3.03. The van der Waals surface area contributed by atoms with Crippen molar-refractivity contribution in [2.24, 2.45) is 0 Å². The van der Waals surface area contributed by atoms with Crippen molar-refractivity contribution in [1.29, 1.82) is 5.26 Å². The number of nitrogens with zero attached hydrogens (tertiary/aromatic N) is 7. The highest BCUT2D eigenvalue weighted by Gasteiger charge is 2.34. The molecule has 0 spiro atoms. The maximum absolute atomic E-state index is 13.8. The monoisotopic (exact) mass is 474 g/mol. The van der Waals surface area contributed by atoms with Crippen molar-refractivity contribution in [3.05, 3.63) is 69.6 Å². The lowest BCUT2D eigenvalue weighted by molar-refractivity contribution is 0.397. The number of methoxy groups -OCH3 is 1. The van der Waals surface area contributed by atoms with E-state index < -0.39 is 0 Å². The number of rotatable bonds is 4. The molecule has 3 aromatic heterocycles. The summed E-state index contributed by atoms with van der Waals surface area (Å²) < 4.78 is 6.68. The number of pyridine rings is 1. The van der Waals surface area contributed by atoms with Gasteiger partial charge in [0, 0.05) is 12.6 Å². The maximum atomic E-state index is 13.8. The standard InChI is InChI=1S/C23H19ClN8O2/c1-34-18-8-7-13(11-27-18)32-22(30-16-5-2-4-15(24)19(16)23(32)33)17-6-3-9-31(17)21-14(10-25)20(26)28-12-29-21/h2,4-5,7-8,11-12,17H,3,6,9H2,1H3,(H2,26,28,29)/t17-/m0/s1. The first-order valence-corrected chi connectivity index (χ1v) is 10.9. The highest BCUT2D eigenvalue weighted by atomic mass is 35.5. The molecule has 1 atom stereocenters. The molecule has 0 aliphatic carbocycles. The highest BCUT2D eigenvalue weighted by molar-refractivity contribution is 6.35. The summed E-state index contributed by atoms with van der Waals surface area (Å²) in [6, 6.07) is 10.3. The largest absolute Gasteiger partial charge is 0.481 e. The van der Waals surface area contributed by atoms with Crippen molar-refractivity contribution >= 4 is 34.1 Å². The quantitative estimate of drug-likeness (QED) is 0.473. The van der Waals surface area contributed by atoms with Crippen molar-refractivity contribution in [1.82, 2.24) is 24.5 Å². The van der Waals surface area contributed by atoms with Crippen LogP contribution < -0.4 is 20.9 Å². The van der Waals surface area contributed by atoms with Crippen LogP contribution in [-0.4, -0.2) is 38.2 Å². The fourth-order valence-electron chi connectivity index (χ4n) is 4.31. The van der Waals surface area contributed by atoms with Gasteiger partial charge in [-0.3, -0.25) is 9.36 Å². The molecule has 0 saturated carbocycles. The molecule has 34 heavy (non-hydrogen) atoms. The molecule has 10 nitrogen and oxygen atoms in total. The lowest BCUT2D eigenvalue weighted by atomic mass is 10.1. The number of hydrogen-bond donors (Lipinski definition) is 1. The third kappa shape index (κ3) is 3.47. The molecule has 1 aliphatic heterocycles. The lowest BCUT2D eigenvalue weighted by Gasteiger charge is -2.28. The summed E-state index contributed by atoms with van der Waals surface area (Å²) in [6.45, 7) is 0.611. The van der Waals surface area contributed by atoms with Crippen molar-refractivity contribution < 1.29 is 4.74 Å². The molecule has 5 rings (SSSR count). The molecule has 1 aromatic carbocycles. The second-order valence-corrected chi connectivity index (χ2v) is 8.13. The van der Waals surface area contributed by atoms with Gasteiger partial charge in [0.05, 0.1) is 41.0 Å². The zero-order valence-corrected chi connectivity index (χ0v) is 18.9. The number of benzene rings is 1. The number of fused-ring (bicyclic) bond motifs is 1. The first kappa shape index (κ1) is 21.6. The molecule has 4 aromatic rings. The first-order chi connectivity index (χ1) is 16.5. The van der Waals surface area contributed by atoms with Crippen LogP contribution in [0.4, 0.5) is 11.6 Å². The van der Waals surface area contributed by atoms with E-state index in [4.69, 9.17) is 27.1 Å². The maximum Gasteiger partial charge on any atom is 0.267 e. The molecule has 0 bridgehead atoms.